The van der Waals surface area contributed by atoms with Crippen LogP contribution < -0.4 is 0 Å². The van der Waals surface area contributed by atoms with Crippen LogP contribution in [0.4, 0.5) is 0 Å². The van der Waals surface area contributed by atoms with E-state index in [1.54, 1.807) is 0 Å². The molecule has 0 aliphatic rings. The van der Waals surface area contributed by atoms with E-state index >= 15 is 0 Å². The summed E-state index contributed by atoms with van der Waals surface area (Å²) in [6.07, 6.45) is 0. The molecule has 0 aromatic rings. The third-order valence-electron chi connectivity index (χ3n) is 1.07. The minimum absolute atomic E-state index is 0.625. The van der Waals surface area contributed by atoms with Gasteiger partial charge in [0.1, 0.15) is 0 Å². The van der Waals surface area contributed by atoms with Gasteiger partial charge in [0.2, 0.25) is 0 Å². The predicted molar refractivity (Wildman–Crippen MR) is 37.8 cm³/mol. The van der Waals surface area contributed by atoms with E-state index in [-0.39, 0.29) is 0 Å². The van der Waals surface area contributed by atoms with Gasteiger partial charge in [0.15, 0.2) is 0 Å². The van der Waals surface area contributed by atoms with Crippen molar-refractivity contribution in [3.05, 3.63) is 12.2 Å². The number of allylic oxidation sites excluding steroid dienone is 1. The molecule has 7 heavy (non-hydrogen) atoms. The molecule has 0 aliphatic carbocycles. The van der Waals surface area contributed by atoms with E-state index in [1.807, 2.05) is 6.92 Å². The summed E-state index contributed by atoms with van der Waals surface area (Å²) in [6, 6.07) is 0. The fourth-order valence-electron chi connectivity index (χ4n) is 0.132. The molecule has 1 atom stereocenters. The van der Waals surface area contributed by atoms with Gasteiger partial charge in [-0.1, -0.05) is 35.0 Å². The van der Waals surface area contributed by atoms with E-state index in [1.165, 1.54) is 5.57 Å². The van der Waals surface area contributed by atoms with Crippen molar-refractivity contribution in [2.75, 3.05) is 5.33 Å². The number of halogens is 1. The van der Waals surface area contributed by atoms with E-state index in [9.17, 15) is 0 Å². The van der Waals surface area contributed by atoms with Gasteiger partial charge in [-0.2, -0.15) is 0 Å². The SMILES string of the molecule is C=C(C)[C@H](C)CBr. The molecule has 0 saturated carbocycles. The van der Waals surface area contributed by atoms with Crippen LogP contribution in [0.15, 0.2) is 12.2 Å². The second-order valence-electron chi connectivity index (χ2n) is 1.90. The Labute approximate surface area is 53.7 Å². The van der Waals surface area contributed by atoms with Crippen LogP contribution in [0.25, 0.3) is 0 Å². The summed E-state index contributed by atoms with van der Waals surface area (Å²) >= 11 is 3.35. The number of alkyl halides is 1. The first-order chi connectivity index (χ1) is 3.18. The zero-order valence-corrected chi connectivity index (χ0v) is 6.46. The summed E-state index contributed by atoms with van der Waals surface area (Å²) in [6.45, 7) is 7.99. The maximum atomic E-state index is 3.80. The van der Waals surface area contributed by atoms with Crippen LogP contribution >= 0.6 is 15.9 Å². The standard InChI is InChI=1S/C6H11Br/c1-5(2)6(3)4-7/h6H,1,4H2,2-3H3/t6-/m1/s1. The Bertz CT molecular complexity index is 66.6. The molecule has 1 heteroatoms. The molecular formula is C6H11Br. The van der Waals surface area contributed by atoms with E-state index in [0.29, 0.717) is 5.92 Å². The second-order valence-corrected chi connectivity index (χ2v) is 2.55. The Morgan fingerprint density at radius 3 is 2.29 bits per heavy atom. The highest BCUT2D eigenvalue weighted by Gasteiger charge is 1.95. The maximum Gasteiger partial charge on any atom is 0.00941 e. The van der Waals surface area contributed by atoms with Crippen LogP contribution in [0.2, 0.25) is 0 Å². The molecular weight excluding hydrogens is 152 g/mol. The van der Waals surface area contributed by atoms with Crippen molar-refractivity contribution in [1.82, 2.24) is 0 Å². The molecule has 0 aromatic carbocycles. The zero-order valence-electron chi connectivity index (χ0n) is 4.87. The van der Waals surface area contributed by atoms with E-state index in [2.05, 4.69) is 29.4 Å². The lowest BCUT2D eigenvalue weighted by atomic mass is 10.1. The molecule has 0 radical (unpaired) electrons. The van der Waals surface area contributed by atoms with E-state index in [4.69, 9.17) is 0 Å². The third kappa shape index (κ3) is 2.86. The normalized spacial score (nSPS) is 13.6. The number of rotatable bonds is 2. The summed E-state index contributed by atoms with van der Waals surface area (Å²) in [5.74, 6) is 0.625. The molecule has 0 N–H and O–H groups in total. The molecule has 0 heterocycles. The van der Waals surface area contributed by atoms with Gasteiger partial charge in [0.05, 0.1) is 0 Å². The lowest BCUT2D eigenvalue weighted by Crippen LogP contribution is -1.94. The van der Waals surface area contributed by atoms with E-state index < -0.39 is 0 Å². The van der Waals surface area contributed by atoms with Gasteiger partial charge in [-0.05, 0) is 12.8 Å². The smallest absolute Gasteiger partial charge is 0.00941 e. The Morgan fingerprint density at radius 2 is 2.29 bits per heavy atom. The van der Waals surface area contributed by atoms with Gasteiger partial charge in [-0.25, -0.2) is 0 Å². The molecule has 42 valence electrons. The summed E-state index contributed by atoms with van der Waals surface area (Å²) in [5.41, 5.74) is 1.25. The maximum absolute atomic E-state index is 3.80. The molecule has 0 amide bonds. The first-order valence-electron chi connectivity index (χ1n) is 2.40. The molecule has 0 aromatic heterocycles. The van der Waals surface area contributed by atoms with Gasteiger partial charge in [0, 0.05) is 5.33 Å². The average molecular weight is 163 g/mol. The van der Waals surface area contributed by atoms with Crippen LogP contribution in [0, 0.1) is 5.92 Å². The Balaban J connectivity index is 3.34. The van der Waals surface area contributed by atoms with Crippen molar-refractivity contribution in [2.45, 2.75) is 13.8 Å². The highest BCUT2D eigenvalue weighted by atomic mass is 79.9. The predicted octanol–water partition coefficient (Wildman–Crippen LogP) is 2.59. The van der Waals surface area contributed by atoms with Crippen molar-refractivity contribution < 1.29 is 0 Å². The zero-order chi connectivity index (χ0) is 5.86. The Kier molecular flexibility index (Phi) is 3.35. The first-order valence-corrected chi connectivity index (χ1v) is 3.52. The number of hydrogen-bond acceptors (Lipinski definition) is 0. The highest BCUT2D eigenvalue weighted by Crippen LogP contribution is 2.08. The largest absolute Gasteiger partial charge is 0.0998 e. The van der Waals surface area contributed by atoms with E-state index in [0.717, 1.165) is 5.33 Å². The lowest BCUT2D eigenvalue weighted by Gasteiger charge is -2.02. The monoisotopic (exact) mass is 162 g/mol. The lowest BCUT2D eigenvalue weighted by molar-refractivity contribution is 0.793. The van der Waals surface area contributed by atoms with Gasteiger partial charge in [-0.3, -0.25) is 0 Å². The minimum atomic E-state index is 0.625. The van der Waals surface area contributed by atoms with Crippen LogP contribution in [0.5, 0.6) is 0 Å². The Hall–Kier alpha value is 0.220. The second kappa shape index (κ2) is 3.25. The van der Waals surface area contributed by atoms with Crippen molar-refractivity contribution >= 4 is 15.9 Å². The van der Waals surface area contributed by atoms with Crippen molar-refractivity contribution in [3.8, 4) is 0 Å². The van der Waals surface area contributed by atoms with Crippen molar-refractivity contribution in [3.63, 3.8) is 0 Å². The number of hydrogen-bond donors (Lipinski definition) is 0. The topological polar surface area (TPSA) is 0 Å². The minimum Gasteiger partial charge on any atom is -0.0998 e. The Morgan fingerprint density at radius 1 is 1.86 bits per heavy atom. The fourth-order valence-corrected chi connectivity index (χ4v) is 0.684. The fraction of sp³-hybridized carbons (Fsp3) is 0.667. The van der Waals surface area contributed by atoms with Gasteiger partial charge in [0.25, 0.3) is 0 Å². The molecule has 0 bridgehead atoms. The molecule has 0 spiro atoms. The van der Waals surface area contributed by atoms with Crippen LogP contribution in [0.3, 0.4) is 0 Å². The summed E-state index contributed by atoms with van der Waals surface area (Å²) in [4.78, 5) is 0. The molecule has 0 rings (SSSR count). The van der Waals surface area contributed by atoms with Crippen LogP contribution in [-0.2, 0) is 0 Å². The van der Waals surface area contributed by atoms with Crippen LogP contribution in [0.1, 0.15) is 13.8 Å². The molecule has 0 unspecified atom stereocenters. The van der Waals surface area contributed by atoms with Crippen molar-refractivity contribution in [1.29, 1.82) is 0 Å². The quantitative estimate of drug-likeness (QED) is 0.433. The highest BCUT2D eigenvalue weighted by molar-refractivity contribution is 9.09. The van der Waals surface area contributed by atoms with Crippen molar-refractivity contribution in [2.24, 2.45) is 5.92 Å². The first kappa shape index (κ1) is 7.22. The molecule has 0 fully saturated rings. The van der Waals surface area contributed by atoms with Gasteiger partial charge in [-0.15, -0.1) is 0 Å². The van der Waals surface area contributed by atoms with Crippen LogP contribution in [-0.4, -0.2) is 5.33 Å². The average Bonchev–Trinajstić information content (AvgIpc) is 1.65. The molecule has 0 saturated heterocycles. The summed E-state index contributed by atoms with van der Waals surface area (Å²) in [5, 5.41) is 1.03. The summed E-state index contributed by atoms with van der Waals surface area (Å²) < 4.78 is 0. The molecule has 0 nitrogen and oxygen atoms in total. The van der Waals surface area contributed by atoms with Gasteiger partial charge < -0.3 is 0 Å². The molecule has 0 aliphatic heterocycles. The van der Waals surface area contributed by atoms with Gasteiger partial charge >= 0.3 is 0 Å². The third-order valence-corrected chi connectivity index (χ3v) is 2.04. The summed E-state index contributed by atoms with van der Waals surface area (Å²) in [7, 11) is 0.